The van der Waals surface area contributed by atoms with Crippen molar-refractivity contribution in [2.24, 2.45) is 19.8 Å². The number of aromatic nitrogens is 4. The Morgan fingerprint density at radius 3 is 2.23 bits per heavy atom. The van der Waals surface area contributed by atoms with E-state index in [-0.39, 0.29) is 28.2 Å². The molecule has 9 nitrogen and oxygen atoms in total. The Bertz CT molecular complexity index is 2030. The largest absolute Gasteiger partial charge is 0.481 e. The average molecular weight is 631 g/mol. The maximum atomic E-state index is 13.8. The summed E-state index contributed by atoms with van der Waals surface area (Å²) < 4.78 is 48.5. The molecule has 3 N–H and O–H groups in total. The summed E-state index contributed by atoms with van der Waals surface area (Å²) in [5, 5.41) is 2.97. The number of fused-ring (bicyclic) bond motifs is 1. The maximum Gasteiger partial charge on any atom is 0.433 e. The molecule has 0 atom stereocenters. The molecule has 0 fully saturated rings. The number of anilines is 2. The van der Waals surface area contributed by atoms with Crippen LogP contribution >= 0.6 is 23.2 Å². The Morgan fingerprint density at radius 2 is 1.58 bits per heavy atom. The van der Waals surface area contributed by atoms with Gasteiger partial charge in [0.1, 0.15) is 16.9 Å². The highest BCUT2D eigenvalue weighted by Gasteiger charge is 2.34. The number of alkyl halides is 3. The molecular formula is C29H23Cl2F3N6O3. The van der Waals surface area contributed by atoms with Crippen LogP contribution in [0.1, 0.15) is 11.3 Å². The summed E-state index contributed by atoms with van der Waals surface area (Å²) in [6.07, 6.45) is -4.86. The molecule has 5 aromatic rings. The van der Waals surface area contributed by atoms with Crippen molar-refractivity contribution >= 4 is 45.6 Å². The summed E-state index contributed by atoms with van der Waals surface area (Å²) in [6, 6.07) is 14.3. The number of ether oxygens (including phenoxy) is 1. The molecule has 0 saturated heterocycles. The molecule has 0 aliphatic rings. The maximum absolute atomic E-state index is 13.8. The summed E-state index contributed by atoms with van der Waals surface area (Å²) >= 11 is 13.7. The van der Waals surface area contributed by atoms with E-state index < -0.39 is 28.9 Å². The summed E-state index contributed by atoms with van der Waals surface area (Å²) in [5.74, 6) is -0.0635. The van der Waals surface area contributed by atoms with Crippen molar-refractivity contribution in [2.75, 3.05) is 12.4 Å². The standard InChI is InChI=1S/C29H23Cl2F3N6O3/c1-39-20-12-21(29(32,33)34)38-25(22(20)27(41)40(2)28(39)42)36-19-9-5-7-16(24(19)31)15-6-4-8-17(23(15)30)18-11-10-14(13-35)26(37-18)43-3/h4-12H,13,35H2,1-3H3,(H,36,38). The van der Waals surface area contributed by atoms with Crippen LogP contribution in [0.15, 0.2) is 64.2 Å². The molecule has 2 aromatic carbocycles. The van der Waals surface area contributed by atoms with E-state index in [0.717, 1.165) is 9.13 Å². The summed E-state index contributed by atoms with van der Waals surface area (Å²) in [5.41, 5.74) is 5.52. The van der Waals surface area contributed by atoms with Gasteiger partial charge in [0.2, 0.25) is 5.88 Å². The van der Waals surface area contributed by atoms with Crippen molar-refractivity contribution in [3.8, 4) is 28.3 Å². The van der Waals surface area contributed by atoms with Crippen LogP contribution in [-0.2, 0) is 26.8 Å². The Labute approximate surface area is 252 Å². The number of nitrogens with zero attached hydrogens (tertiary/aromatic N) is 4. The van der Waals surface area contributed by atoms with Crippen molar-refractivity contribution < 1.29 is 17.9 Å². The topological polar surface area (TPSA) is 117 Å². The molecule has 43 heavy (non-hydrogen) atoms. The summed E-state index contributed by atoms with van der Waals surface area (Å²) in [4.78, 5) is 33.8. The van der Waals surface area contributed by atoms with Gasteiger partial charge in [0.15, 0.2) is 0 Å². The zero-order valence-corrected chi connectivity index (χ0v) is 24.4. The number of hydrogen-bond donors (Lipinski definition) is 2. The molecule has 3 heterocycles. The second-order valence-corrected chi connectivity index (χ2v) is 10.2. The Balaban J connectivity index is 1.66. The lowest BCUT2D eigenvalue weighted by molar-refractivity contribution is -0.141. The number of benzene rings is 2. The Hall–Kier alpha value is -4.39. The third kappa shape index (κ3) is 5.33. The van der Waals surface area contributed by atoms with Gasteiger partial charge in [-0.2, -0.15) is 13.2 Å². The molecule has 0 radical (unpaired) electrons. The molecule has 0 spiro atoms. The van der Waals surface area contributed by atoms with E-state index in [9.17, 15) is 22.8 Å². The normalized spacial score (nSPS) is 11.7. The molecule has 0 aliphatic heterocycles. The average Bonchev–Trinajstić information content (AvgIpc) is 2.99. The van der Waals surface area contributed by atoms with E-state index in [1.54, 1.807) is 42.5 Å². The number of nitrogens with one attached hydrogen (secondary N) is 1. The molecule has 0 bridgehead atoms. The van der Waals surface area contributed by atoms with Gasteiger partial charge in [0.05, 0.1) is 34.1 Å². The molecule has 5 rings (SSSR count). The quantitative estimate of drug-likeness (QED) is 0.240. The van der Waals surface area contributed by atoms with Gasteiger partial charge in [-0.25, -0.2) is 14.8 Å². The van der Waals surface area contributed by atoms with Crippen molar-refractivity contribution in [1.82, 2.24) is 19.1 Å². The highest BCUT2D eigenvalue weighted by Crippen LogP contribution is 2.42. The minimum Gasteiger partial charge on any atom is -0.481 e. The fraction of sp³-hybridized carbons (Fsp3) is 0.172. The van der Waals surface area contributed by atoms with Gasteiger partial charge < -0.3 is 15.8 Å². The fourth-order valence-electron chi connectivity index (χ4n) is 4.68. The van der Waals surface area contributed by atoms with Gasteiger partial charge in [0, 0.05) is 42.9 Å². The molecule has 0 amide bonds. The third-order valence-corrected chi connectivity index (χ3v) is 7.73. The molecule has 0 aliphatic carbocycles. The molecular weight excluding hydrogens is 608 g/mol. The van der Waals surface area contributed by atoms with Crippen LogP contribution in [0, 0.1) is 0 Å². The number of halogens is 5. The number of rotatable bonds is 6. The zero-order chi connectivity index (χ0) is 31.2. The predicted molar refractivity (Wildman–Crippen MR) is 160 cm³/mol. The fourth-order valence-corrected chi connectivity index (χ4v) is 5.28. The predicted octanol–water partition coefficient (Wildman–Crippen LogP) is 5.90. The van der Waals surface area contributed by atoms with E-state index >= 15 is 0 Å². The first-order valence-electron chi connectivity index (χ1n) is 12.6. The zero-order valence-electron chi connectivity index (χ0n) is 22.9. The molecule has 0 saturated carbocycles. The SMILES string of the molecule is COc1nc(-c2cccc(-c3cccc(Nc4nc(C(F)(F)F)cc5c4c(=O)n(C)c(=O)n5C)c3Cl)c2Cl)ccc1CN. The van der Waals surface area contributed by atoms with Gasteiger partial charge in [-0.15, -0.1) is 0 Å². The smallest absolute Gasteiger partial charge is 0.433 e. The minimum atomic E-state index is -4.86. The van der Waals surface area contributed by atoms with Crippen LogP contribution in [0.2, 0.25) is 10.0 Å². The van der Waals surface area contributed by atoms with Crippen molar-refractivity contribution in [1.29, 1.82) is 0 Å². The third-order valence-electron chi connectivity index (χ3n) is 6.91. The summed E-state index contributed by atoms with van der Waals surface area (Å²) in [7, 11) is 3.98. The molecule has 3 aromatic heterocycles. The van der Waals surface area contributed by atoms with E-state index in [1.165, 1.54) is 27.3 Å². The van der Waals surface area contributed by atoms with E-state index in [4.69, 9.17) is 33.7 Å². The lowest BCUT2D eigenvalue weighted by atomic mass is 10.00. The first-order valence-corrected chi connectivity index (χ1v) is 13.4. The lowest BCUT2D eigenvalue weighted by Gasteiger charge is -2.17. The lowest BCUT2D eigenvalue weighted by Crippen LogP contribution is -2.37. The van der Waals surface area contributed by atoms with Crippen LogP contribution in [0.25, 0.3) is 33.3 Å². The van der Waals surface area contributed by atoms with Crippen LogP contribution in [0.3, 0.4) is 0 Å². The van der Waals surface area contributed by atoms with Crippen LogP contribution in [0.4, 0.5) is 24.7 Å². The first-order chi connectivity index (χ1) is 20.4. The van der Waals surface area contributed by atoms with Crippen molar-refractivity contribution in [2.45, 2.75) is 12.7 Å². The van der Waals surface area contributed by atoms with Gasteiger partial charge >= 0.3 is 11.9 Å². The van der Waals surface area contributed by atoms with Gasteiger partial charge in [0.25, 0.3) is 5.56 Å². The van der Waals surface area contributed by atoms with Crippen LogP contribution in [-0.4, -0.2) is 26.2 Å². The first kappa shape index (κ1) is 30.1. The second-order valence-electron chi connectivity index (χ2n) is 9.48. The molecule has 14 heteroatoms. The Morgan fingerprint density at radius 1 is 0.930 bits per heavy atom. The monoisotopic (exact) mass is 630 g/mol. The van der Waals surface area contributed by atoms with E-state index in [1.807, 2.05) is 0 Å². The summed E-state index contributed by atoms with van der Waals surface area (Å²) in [6.45, 7) is 0.234. The van der Waals surface area contributed by atoms with Crippen LogP contribution in [0.5, 0.6) is 5.88 Å². The highest BCUT2D eigenvalue weighted by molar-refractivity contribution is 6.39. The van der Waals surface area contributed by atoms with Gasteiger partial charge in [-0.1, -0.05) is 59.6 Å². The van der Waals surface area contributed by atoms with Gasteiger partial charge in [-0.05, 0) is 18.2 Å². The van der Waals surface area contributed by atoms with Gasteiger partial charge in [-0.3, -0.25) is 13.9 Å². The van der Waals surface area contributed by atoms with E-state index in [0.29, 0.717) is 44.9 Å². The number of pyridine rings is 2. The molecule has 222 valence electrons. The highest BCUT2D eigenvalue weighted by atomic mass is 35.5. The van der Waals surface area contributed by atoms with E-state index in [2.05, 4.69) is 15.3 Å². The van der Waals surface area contributed by atoms with Crippen molar-refractivity contribution in [3.63, 3.8) is 0 Å². The second kappa shape index (κ2) is 11.4. The number of nitrogens with two attached hydrogens (primary N) is 1. The minimum absolute atomic E-state index is 0.0968. The number of methoxy groups -OCH3 is 1. The van der Waals surface area contributed by atoms with Crippen molar-refractivity contribution in [3.05, 3.63) is 96.7 Å². The number of aryl methyl sites for hydroxylation is 1. The molecule has 0 unspecified atom stereocenters. The Kier molecular flexibility index (Phi) is 7.95. The van der Waals surface area contributed by atoms with Crippen LogP contribution < -0.4 is 27.0 Å². The number of hydrogen-bond acceptors (Lipinski definition) is 7.